The third-order valence-corrected chi connectivity index (χ3v) is 5.08. The lowest BCUT2D eigenvalue weighted by Gasteiger charge is -2.38. The van der Waals surface area contributed by atoms with Crippen LogP contribution in [-0.2, 0) is 0 Å². The number of rotatable bonds is 3. The van der Waals surface area contributed by atoms with Crippen LogP contribution in [0.4, 0.5) is 11.4 Å². The van der Waals surface area contributed by atoms with Crippen LogP contribution in [0.3, 0.4) is 0 Å². The SMILES string of the molecule is COc1cc(C2Nc3ccccc3C(=O)N2c2ccc3c(c2)OCO3)ccc1O. The van der Waals surface area contributed by atoms with Crippen molar-refractivity contribution in [3.63, 3.8) is 0 Å². The lowest BCUT2D eigenvalue weighted by Crippen LogP contribution is -2.43. The Balaban J connectivity index is 1.65. The Morgan fingerprint density at radius 1 is 1.07 bits per heavy atom. The van der Waals surface area contributed by atoms with Crippen LogP contribution >= 0.6 is 0 Å². The first-order chi connectivity index (χ1) is 14.2. The van der Waals surface area contributed by atoms with Gasteiger partial charge in [-0.2, -0.15) is 0 Å². The van der Waals surface area contributed by atoms with E-state index in [1.165, 1.54) is 7.11 Å². The fourth-order valence-electron chi connectivity index (χ4n) is 3.65. The third kappa shape index (κ3) is 2.79. The van der Waals surface area contributed by atoms with Gasteiger partial charge in [0.1, 0.15) is 6.17 Å². The first-order valence-electron chi connectivity index (χ1n) is 9.11. The van der Waals surface area contributed by atoms with Crippen molar-refractivity contribution in [3.8, 4) is 23.0 Å². The van der Waals surface area contributed by atoms with E-state index in [0.29, 0.717) is 28.5 Å². The number of methoxy groups -OCH3 is 1. The summed E-state index contributed by atoms with van der Waals surface area (Å²) in [6.07, 6.45) is -0.507. The highest BCUT2D eigenvalue weighted by Crippen LogP contribution is 2.42. The predicted octanol–water partition coefficient (Wildman–Crippen LogP) is 3.90. The first kappa shape index (κ1) is 17.2. The molecule has 1 atom stereocenters. The summed E-state index contributed by atoms with van der Waals surface area (Å²) >= 11 is 0. The summed E-state index contributed by atoms with van der Waals surface area (Å²) in [4.78, 5) is 15.1. The molecule has 0 saturated heterocycles. The Bertz CT molecular complexity index is 1110. The van der Waals surface area contributed by atoms with Crippen LogP contribution in [0.2, 0.25) is 0 Å². The zero-order valence-electron chi connectivity index (χ0n) is 15.6. The minimum absolute atomic E-state index is 0.0356. The number of aromatic hydroxyl groups is 1. The summed E-state index contributed by atoms with van der Waals surface area (Å²) < 4.78 is 16.1. The van der Waals surface area contributed by atoms with E-state index >= 15 is 0 Å². The van der Waals surface area contributed by atoms with Gasteiger partial charge in [-0.05, 0) is 42.0 Å². The van der Waals surface area contributed by atoms with Gasteiger partial charge in [0.25, 0.3) is 5.91 Å². The van der Waals surface area contributed by atoms with Crippen molar-refractivity contribution < 1.29 is 24.1 Å². The second-order valence-corrected chi connectivity index (χ2v) is 6.74. The van der Waals surface area contributed by atoms with Crippen LogP contribution in [0.1, 0.15) is 22.1 Å². The van der Waals surface area contributed by atoms with Crippen molar-refractivity contribution >= 4 is 17.3 Å². The lowest BCUT2D eigenvalue weighted by molar-refractivity contribution is 0.0975. The number of nitrogens with one attached hydrogen (secondary N) is 1. The molecule has 29 heavy (non-hydrogen) atoms. The molecule has 1 unspecified atom stereocenters. The number of hydrogen-bond donors (Lipinski definition) is 2. The van der Waals surface area contributed by atoms with Gasteiger partial charge < -0.3 is 24.6 Å². The van der Waals surface area contributed by atoms with Gasteiger partial charge in [-0.25, -0.2) is 0 Å². The van der Waals surface area contributed by atoms with Gasteiger partial charge in [-0.3, -0.25) is 9.69 Å². The number of phenolic OH excluding ortho intramolecular Hbond substituents is 1. The van der Waals surface area contributed by atoms with Crippen LogP contribution in [0.5, 0.6) is 23.0 Å². The minimum atomic E-state index is -0.507. The molecule has 2 heterocycles. The largest absolute Gasteiger partial charge is 0.504 e. The number of anilines is 2. The predicted molar refractivity (Wildman–Crippen MR) is 107 cm³/mol. The van der Waals surface area contributed by atoms with Crippen molar-refractivity contribution in [2.45, 2.75) is 6.17 Å². The Hall–Kier alpha value is -3.87. The molecule has 0 radical (unpaired) electrons. The Labute approximate surface area is 167 Å². The van der Waals surface area contributed by atoms with Crippen molar-refractivity contribution in [2.24, 2.45) is 0 Å². The van der Waals surface area contributed by atoms with Crippen LogP contribution in [0, 0.1) is 0 Å². The quantitative estimate of drug-likeness (QED) is 0.706. The maximum absolute atomic E-state index is 13.5. The zero-order chi connectivity index (χ0) is 20.0. The number of phenols is 1. The average molecular weight is 390 g/mol. The molecular formula is C22H18N2O5. The van der Waals surface area contributed by atoms with Crippen LogP contribution in [-0.4, -0.2) is 24.9 Å². The number of fused-ring (bicyclic) bond motifs is 2. The minimum Gasteiger partial charge on any atom is -0.504 e. The van der Waals surface area contributed by atoms with E-state index in [4.69, 9.17) is 14.2 Å². The van der Waals surface area contributed by atoms with Gasteiger partial charge in [0, 0.05) is 11.8 Å². The number of amides is 1. The molecule has 0 aliphatic carbocycles. The molecule has 2 aliphatic rings. The molecule has 1 amide bonds. The van der Waals surface area contributed by atoms with E-state index in [2.05, 4.69) is 5.32 Å². The number of carbonyl (C=O) groups excluding carboxylic acids is 1. The Morgan fingerprint density at radius 2 is 1.90 bits per heavy atom. The zero-order valence-corrected chi connectivity index (χ0v) is 15.6. The molecule has 3 aromatic rings. The van der Waals surface area contributed by atoms with E-state index in [-0.39, 0.29) is 18.4 Å². The fourth-order valence-corrected chi connectivity index (χ4v) is 3.65. The van der Waals surface area contributed by atoms with E-state index in [1.807, 2.05) is 24.3 Å². The smallest absolute Gasteiger partial charge is 0.262 e. The Morgan fingerprint density at radius 3 is 2.76 bits per heavy atom. The van der Waals surface area contributed by atoms with Gasteiger partial charge in [-0.15, -0.1) is 0 Å². The molecule has 7 nitrogen and oxygen atoms in total. The molecule has 146 valence electrons. The van der Waals surface area contributed by atoms with E-state index in [0.717, 1.165) is 11.3 Å². The van der Waals surface area contributed by atoms with Gasteiger partial charge in [-0.1, -0.05) is 18.2 Å². The first-order valence-corrected chi connectivity index (χ1v) is 9.11. The molecule has 0 fully saturated rings. The molecule has 0 aromatic heterocycles. The van der Waals surface area contributed by atoms with Crippen molar-refractivity contribution in [1.29, 1.82) is 0 Å². The third-order valence-electron chi connectivity index (χ3n) is 5.08. The Kier molecular flexibility index (Phi) is 3.94. The summed E-state index contributed by atoms with van der Waals surface area (Å²) in [7, 11) is 1.49. The summed E-state index contributed by atoms with van der Waals surface area (Å²) in [6.45, 7) is 0.159. The lowest BCUT2D eigenvalue weighted by atomic mass is 10.0. The summed E-state index contributed by atoms with van der Waals surface area (Å²) in [5.74, 6) is 1.47. The molecule has 3 aromatic carbocycles. The fraction of sp³-hybridized carbons (Fsp3) is 0.136. The summed E-state index contributed by atoms with van der Waals surface area (Å²) in [5, 5.41) is 13.4. The standard InChI is InChI=1S/C22H18N2O5/c1-27-19-10-13(6-8-17(19)25)21-23-16-5-3-2-4-15(16)22(26)24(21)14-7-9-18-20(11-14)29-12-28-18/h2-11,21,23,25H,12H2,1H3. The number of ether oxygens (including phenoxy) is 3. The molecule has 0 bridgehead atoms. The number of para-hydroxylation sites is 1. The van der Waals surface area contributed by atoms with Gasteiger partial charge in [0.05, 0.1) is 18.4 Å². The van der Waals surface area contributed by atoms with E-state index in [1.54, 1.807) is 41.3 Å². The highest BCUT2D eigenvalue weighted by molar-refractivity contribution is 6.12. The molecule has 2 aliphatic heterocycles. The van der Waals surface area contributed by atoms with E-state index in [9.17, 15) is 9.90 Å². The van der Waals surface area contributed by atoms with Crippen molar-refractivity contribution in [3.05, 3.63) is 71.8 Å². The van der Waals surface area contributed by atoms with Crippen molar-refractivity contribution in [1.82, 2.24) is 0 Å². The number of nitrogens with zero attached hydrogens (tertiary/aromatic N) is 1. The van der Waals surface area contributed by atoms with Crippen molar-refractivity contribution in [2.75, 3.05) is 24.1 Å². The molecule has 0 saturated carbocycles. The summed E-state index contributed by atoms with van der Waals surface area (Å²) in [5.41, 5.74) is 2.75. The van der Waals surface area contributed by atoms with Gasteiger partial charge in [0.2, 0.25) is 6.79 Å². The highest BCUT2D eigenvalue weighted by atomic mass is 16.7. The molecule has 5 rings (SSSR count). The second-order valence-electron chi connectivity index (χ2n) is 6.74. The van der Waals surface area contributed by atoms with Gasteiger partial charge >= 0.3 is 0 Å². The average Bonchev–Trinajstić information content (AvgIpc) is 3.22. The summed E-state index contributed by atoms with van der Waals surface area (Å²) in [6, 6.07) is 17.8. The molecule has 2 N–H and O–H groups in total. The maximum atomic E-state index is 13.5. The normalized spacial score (nSPS) is 16.9. The number of hydrogen-bond acceptors (Lipinski definition) is 6. The molecule has 7 heteroatoms. The monoisotopic (exact) mass is 390 g/mol. The van der Waals surface area contributed by atoms with Gasteiger partial charge in [0.15, 0.2) is 23.0 Å². The molecule has 0 spiro atoms. The number of benzene rings is 3. The van der Waals surface area contributed by atoms with Crippen LogP contribution in [0.25, 0.3) is 0 Å². The number of carbonyl (C=O) groups is 1. The maximum Gasteiger partial charge on any atom is 0.262 e. The molecular weight excluding hydrogens is 372 g/mol. The van der Waals surface area contributed by atoms with E-state index < -0.39 is 6.17 Å². The second kappa shape index (κ2) is 6.63. The van der Waals surface area contributed by atoms with Crippen LogP contribution in [0.15, 0.2) is 60.7 Å². The van der Waals surface area contributed by atoms with Crippen LogP contribution < -0.4 is 24.4 Å². The highest BCUT2D eigenvalue weighted by Gasteiger charge is 2.35. The topological polar surface area (TPSA) is 80.3 Å².